The molecule has 5 heteroatoms. The lowest BCUT2D eigenvalue weighted by Crippen LogP contribution is -2.44. The SMILES string of the molecule is CNC1C=CC(C)=CN1S(=O)(=O)c1ccccc1C. The molecule has 1 heterocycles. The average molecular weight is 278 g/mol. The number of nitrogens with zero attached hydrogens (tertiary/aromatic N) is 1. The van der Waals surface area contributed by atoms with Gasteiger partial charge >= 0.3 is 0 Å². The van der Waals surface area contributed by atoms with Gasteiger partial charge in [0.15, 0.2) is 0 Å². The van der Waals surface area contributed by atoms with E-state index in [0.717, 1.165) is 11.1 Å². The van der Waals surface area contributed by atoms with Crippen LogP contribution in [0.25, 0.3) is 0 Å². The maximum atomic E-state index is 12.7. The van der Waals surface area contributed by atoms with Crippen LogP contribution >= 0.6 is 0 Å². The molecule has 0 radical (unpaired) electrons. The van der Waals surface area contributed by atoms with Gasteiger partial charge < -0.3 is 0 Å². The van der Waals surface area contributed by atoms with Crippen LogP contribution in [0, 0.1) is 6.92 Å². The van der Waals surface area contributed by atoms with E-state index in [0.29, 0.717) is 4.90 Å². The van der Waals surface area contributed by atoms with Gasteiger partial charge in [-0.25, -0.2) is 8.42 Å². The molecule has 2 rings (SSSR count). The van der Waals surface area contributed by atoms with Crippen molar-refractivity contribution in [3.8, 4) is 0 Å². The van der Waals surface area contributed by atoms with Crippen LogP contribution in [0.5, 0.6) is 0 Å². The highest BCUT2D eigenvalue weighted by Gasteiger charge is 2.29. The third-order valence-electron chi connectivity index (χ3n) is 3.09. The molecule has 19 heavy (non-hydrogen) atoms. The molecule has 1 aliphatic heterocycles. The van der Waals surface area contributed by atoms with Gasteiger partial charge in [-0.15, -0.1) is 0 Å². The molecule has 0 amide bonds. The fourth-order valence-corrected chi connectivity index (χ4v) is 3.79. The summed E-state index contributed by atoms with van der Waals surface area (Å²) < 4.78 is 26.8. The highest BCUT2D eigenvalue weighted by Crippen LogP contribution is 2.24. The Labute approximate surface area is 114 Å². The number of aryl methyl sites for hydroxylation is 1. The van der Waals surface area contributed by atoms with E-state index in [1.54, 1.807) is 38.4 Å². The highest BCUT2D eigenvalue weighted by molar-refractivity contribution is 7.89. The van der Waals surface area contributed by atoms with Gasteiger partial charge in [0.1, 0.15) is 6.17 Å². The third-order valence-corrected chi connectivity index (χ3v) is 4.99. The first kappa shape index (κ1) is 13.8. The number of hydrogen-bond acceptors (Lipinski definition) is 3. The van der Waals surface area contributed by atoms with Crippen molar-refractivity contribution in [2.45, 2.75) is 24.9 Å². The van der Waals surface area contributed by atoms with Crippen LogP contribution in [-0.2, 0) is 10.0 Å². The molecule has 0 bridgehead atoms. The van der Waals surface area contributed by atoms with Crippen LogP contribution in [0.15, 0.2) is 53.1 Å². The molecule has 1 unspecified atom stereocenters. The van der Waals surface area contributed by atoms with E-state index in [9.17, 15) is 8.42 Å². The zero-order valence-corrected chi connectivity index (χ0v) is 12.1. The molecule has 1 aromatic carbocycles. The van der Waals surface area contributed by atoms with Crippen LogP contribution in [0.2, 0.25) is 0 Å². The van der Waals surface area contributed by atoms with E-state index in [-0.39, 0.29) is 6.17 Å². The Morgan fingerprint density at radius 3 is 2.53 bits per heavy atom. The Morgan fingerprint density at radius 1 is 1.21 bits per heavy atom. The van der Waals surface area contributed by atoms with Crippen molar-refractivity contribution in [2.24, 2.45) is 0 Å². The zero-order chi connectivity index (χ0) is 14.0. The number of likely N-dealkylation sites (N-methyl/N-ethyl adjacent to an activating group) is 1. The fourth-order valence-electron chi connectivity index (χ4n) is 2.05. The Balaban J connectivity index is 2.50. The van der Waals surface area contributed by atoms with E-state index in [2.05, 4.69) is 5.32 Å². The molecule has 1 aromatic rings. The summed E-state index contributed by atoms with van der Waals surface area (Å²) in [6, 6.07) is 7.02. The normalized spacial score (nSPS) is 19.4. The smallest absolute Gasteiger partial charge is 0.265 e. The van der Waals surface area contributed by atoms with Crippen molar-refractivity contribution in [1.82, 2.24) is 9.62 Å². The van der Waals surface area contributed by atoms with Gasteiger partial charge in [-0.1, -0.05) is 24.3 Å². The largest absolute Gasteiger partial charge is 0.296 e. The second-order valence-corrected chi connectivity index (χ2v) is 6.38. The molecule has 0 aliphatic carbocycles. The summed E-state index contributed by atoms with van der Waals surface area (Å²) in [7, 11) is -1.80. The van der Waals surface area contributed by atoms with Crippen molar-refractivity contribution < 1.29 is 8.42 Å². The van der Waals surface area contributed by atoms with Gasteiger partial charge in [-0.3, -0.25) is 9.62 Å². The summed E-state index contributed by atoms with van der Waals surface area (Å²) in [5.74, 6) is 0. The van der Waals surface area contributed by atoms with Gasteiger partial charge in [0, 0.05) is 6.20 Å². The summed E-state index contributed by atoms with van der Waals surface area (Å²) in [5, 5.41) is 2.99. The summed E-state index contributed by atoms with van der Waals surface area (Å²) >= 11 is 0. The van der Waals surface area contributed by atoms with Crippen LogP contribution in [0.4, 0.5) is 0 Å². The predicted octanol–water partition coefficient (Wildman–Crippen LogP) is 2.00. The Kier molecular flexibility index (Phi) is 3.78. The van der Waals surface area contributed by atoms with Crippen LogP contribution in [0.1, 0.15) is 12.5 Å². The fraction of sp³-hybridized carbons (Fsp3) is 0.286. The summed E-state index contributed by atoms with van der Waals surface area (Å²) in [6.45, 7) is 3.68. The zero-order valence-electron chi connectivity index (χ0n) is 11.3. The van der Waals surface area contributed by atoms with E-state index >= 15 is 0 Å². The summed E-state index contributed by atoms with van der Waals surface area (Å²) in [6.07, 6.45) is 5.05. The van der Waals surface area contributed by atoms with Crippen molar-refractivity contribution >= 4 is 10.0 Å². The molecule has 0 saturated carbocycles. The minimum absolute atomic E-state index is 0.342. The second-order valence-electron chi connectivity index (χ2n) is 4.57. The third kappa shape index (κ3) is 2.57. The predicted molar refractivity (Wildman–Crippen MR) is 75.9 cm³/mol. The molecule has 0 saturated heterocycles. The van der Waals surface area contributed by atoms with Crippen molar-refractivity contribution in [3.63, 3.8) is 0 Å². The first-order valence-corrected chi connectivity index (χ1v) is 7.54. The van der Waals surface area contributed by atoms with Crippen LogP contribution in [-0.4, -0.2) is 25.9 Å². The van der Waals surface area contributed by atoms with Crippen molar-refractivity contribution in [2.75, 3.05) is 7.05 Å². The number of benzene rings is 1. The van der Waals surface area contributed by atoms with Crippen LogP contribution in [0.3, 0.4) is 0 Å². The van der Waals surface area contributed by atoms with Crippen molar-refractivity contribution in [1.29, 1.82) is 0 Å². The highest BCUT2D eigenvalue weighted by atomic mass is 32.2. The minimum atomic E-state index is -3.54. The molecule has 0 aromatic heterocycles. The standard InChI is InChI=1S/C14H18N2O2S/c1-11-8-9-14(15-3)16(10-11)19(17,18)13-7-5-4-6-12(13)2/h4-10,14-15H,1-3H3. The quantitative estimate of drug-likeness (QED) is 0.920. The first-order valence-electron chi connectivity index (χ1n) is 6.10. The lowest BCUT2D eigenvalue weighted by Gasteiger charge is -2.30. The molecule has 0 spiro atoms. The van der Waals surface area contributed by atoms with Gasteiger partial charge in [-0.2, -0.15) is 0 Å². The second kappa shape index (κ2) is 5.19. The lowest BCUT2D eigenvalue weighted by atomic mass is 10.2. The molecule has 1 atom stereocenters. The molecular formula is C14H18N2O2S. The summed E-state index contributed by atoms with van der Waals surface area (Å²) in [4.78, 5) is 0.342. The Morgan fingerprint density at radius 2 is 1.89 bits per heavy atom. The van der Waals surface area contributed by atoms with Gasteiger partial charge in [0.25, 0.3) is 10.0 Å². The lowest BCUT2D eigenvalue weighted by molar-refractivity contribution is 0.405. The van der Waals surface area contributed by atoms with E-state index in [4.69, 9.17) is 0 Å². The number of rotatable bonds is 3. The van der Waals surface area contributed by atoms with Crippen LogP contribution < -0.4 is 5.32 Å². The minimum Gasteiger partial charge on any atom is -0.296 e. The van der Waals surface area contributed by atoms with Gasteiger partial charge in [-0.05, 0) is 44.2 Å². The average Bonchev–Trinajstić information content (AvgIpc) is 2.39. The topological polar surface area (TPSA) is 49.4 Å². The Hall–Kier alpha value is -1.59. The van der Waals surface area contributed by atoms with Gasteiger partial charge in [0.2, 0.25) is 0 Å². The Bertz CT molecular complexity index is 633. The number of nitrogens with one attached hydrogen (secondary N) is 1. The maximum Gasteiger partial charge on any atom is 0.265 e. The molecule has 1 N–H and O–H groups in total. The molecular weight excluding hydrogens is 260 g/mol. The van der Waals surface area contributed by atoms with Crippen molar-refractivity contribution in [3.05, 3.63) is 53.8 Å². The molecule has 0 fully saturated rings. The summed E-state index contributed by atoms with van der Waals surface area (Å²) in [5.41, 5.74) is 1.65. The number of sulfonamides is 1. The first-order chi connectivity index (χ1) is 8.96. The number of hydrogen-bond donors (Lipinski definition) is 1. The van der Waals surface area contributed by atoms with E-state index in [1.807, 2.05) is 25.1 Å². The molecule has 102 valence electrons. The number of allylic oxidation sites excluding steroid dienone is 2. The molecule has 1 aliphatic rings. The molecule has 4 nitrogen and oxygen atoms in total. The van der Waals surface area contributed by atoms with Gasteiger partial charge in [0.05, 0.1) is 4.90 Å². The van der Waals surface area contributed by atoms with E-state index < -0.39 is 10.0 Å². The van der Waals surface area contributed by atoms with E-state index in [1.165, 1.54) is 4.31 Å². The maximum absolute atomic E-state index is 12.7. The monoisotopic (exact) mass is 278 g/mol.